The van der Waals surface area contributed by atoms with Crippen LogP contribution in [0.2, 0.25) is 0 Å². The molecule has 0 radical (unpaired) electrons. The summed E-state index contributed by atoms with van der Waals surface area (Å²) >= 11 is 0. The monoisotopic (exact) mass is 477 g/mol. The minimum atomic E-state index is -0.386. The van der Waals surface area contributed by atoms with Crippen molar-refractivity contribution in [1.29, 1.82) is 0 Å². The third-order valence-corrected chi connectivity index (χ3v) is 6.98. The van der Waals surface area contributed by atoms with Crippen LogP contribution < -0.4 is 20.3 Å². The zero-order valence-electron chi connectivity index (χ0n) is 20.5. The molecule has 0 amide bonds. The van der Waals surface area contributed by atoms with Crippen molar-refractivity contribution in [3.8, 4) is 6.01 Å². The number of ether oxygens (including phenoxy) is 1. The first-order chi connectivity index (χ1) is 16.9. The fraction of sp³-hybridized carbons (Fsp3) is 0.423. The van der Waals surface area contributed by atoms with Gasteiger partial charge in [-0.1, -0.05) is 24.3 Å². The summed E-state index contributed by atoms with van der Waals surface area (Å²) in [6.07, 6.45) is 4.92. The third-order valence-electron chi connectivity index (χ3n) is 6.98. The van der Waals surface area contributed by atoms with Crippen molar-refractivity contribution in [3.05, 3.63) is 65.2 Å². The number of nitrogen functional groups attached to an aromatic ring is 1. The number of benzene rings is 1. The van der Waals surface area contributed by atoms with Gasteiger partial charge >= 0.3 is 6.01 Å². The first-order valence-electron chi connectivity index (χ1n) is 12.1. The van der Waals surface area contributed by atoms with Gasteiger partial charge in [0.2, 0.25) is 0 Å². The Balaban J connectivity index is 1.48. The SMILES string of the molecule is CCOc1nc(N)c2c(n1)N(Cc1ccc(C3CCN(C)CC3)cc1)C(c1cncc(F)c1)N2C. The average molecular weight is 478 g/mol. The number of anilines is 3. The second kappa shape index (κ2) is 9.65. The Labute approximate surface area is 205 Å². The molecule has 0 aliphatic carbocycles. The lowest BCUT2D eigenvalue weighted by Gasteiger charge is -2.31. The van der Waals surface area contributed by atoms with Gasteiger partial charge in [-0.2, -0.15) is 9.97 Å². The van der Waals surface area contributed by atoms with Crippen LogP contribution in [0.5, 0.6) is 6.01 Å². The van der Waals surface area contributed by atoms with Crippen LogP contribution in [0.3, 0.4) is 0 Å². The number of nitrogens with zero attached hydrogens (tertiary/aromatic N) is 6. The Hall–Kier alpha value is -3.46. The minimum Gasteiger partial charge on any atom is -0.464 e. The van der Waals surface area contributed by atoms with Crippen molar-refractivity contribution in [2.24, 2.45) is 0 Å². The van der Waals surface area contributed by atoms with E-state index in [0.717, 1.165) is 18.7 Å². The molecule has 5 rings (SSSR count). The van der Waals surface area contributed by atoms with Crippen LogP contribution >= 0.6 is 0 Å². The number of likely N-dealkylation sites (tertiary alicyclic amines) is 1. The lowest BCUT2D eigenvalue weighted by molar-refractivity contribution is 0.255. The quantitative estimate of drug-likeness (QED) is 0.571. The number of hydrogen-bond donors (Lipinski definition) is 1. The van der Waals surface area contributed by atoms with E-state index in [1.807, 2.05) is 18.9 Å². The van der Waals surface area contributed by atoms with Gasteiger partial charge in [-0.15, -0.1) is 0 Å². The molecule has 0 spiro atoms. The Kier molecular flexibility index (Phi) is 6.42. The van der Waals surface area contributed by atoms with Crippen molar-refractivity contribution in [3.63, 3.8) is 0 Å². The summed E-state index contributed by atoms with van der Waals surface area (Å²) in [6, 6.07) is 10.6. The smallest absolute Gasteiger partial charge is 0.320 e. The Morgan fingerprint density at radius 1 is 1.06 bits per heavy atom. The third kappa shape index (κ3) is 4.60. The molecule has 0 saturated carbocycles. The van der Waals surface area contributed by atoms with Gasteiger partial charge in [-0.3, -0.25) is 4.98 Å². The summed E-state index contributed by atoms with van der Waals surface area (Å²) in [5, 5.41) is 0. The molecule has 0 bridgehead atoms. The van der Waals surface area contributed by atoms with Crippen LogP contribution in [0.4, 0.5) is 21.7 Å². The van der Waals surface area contributed by atoms with Crippen LogP contribution in [0.15, 0.2) is 42.7 Å². The van der Waals surface area contributed by atoms with E-state index >= 15 is 0 Å². The van der Waals surface area contributed by atoms with E-state index in [4.69, 9.17) is 10.5 Å². The highest BCUT2D eigenvalue weighted by Gasteiger charge is 2.39. The van der Waals surface area contributed by atoms with E-state index in [-0.39, 0.29) is 18.0 Å². The number of piperidine rings is 1. The molecule has 1 fully saturated rings. The topological polar surface area (TPSA) is 83.6 Å². The van der Waals surface area contributed by atoms with Crippen LogP contribution in [-0.4, -0.2) is 53.6 Å². The second-order valence-corrected chi connectivity index (χ2v) is 9.36. The molecule has 2 aromatic heterocycles. The Morgan fingerprint density at radius 2 is 1.80 bits per heavy atom. The lowest BCUT2D eigenvalue weighted by atomic mass is 9.89. The summed E-state index contributed by atoms with van der Waals surface area (Å²) in [4.78, 5) is 19.6. The number of nitrogens with two attached hydrogens (primary N) is 1. The first kappa shape index (κ1) is 23.3. The number of halogens is 1. The van der Waals surface area contributed by atoms with E-state index in [1.54, 1.807) is 6.20 Å². The molecule has 1 aromatic carbocycles. The minimum absolute atomic E-state index is 0.234. The predicted octanol–water partition coefficient (Wildman–Crippen LogP) is 3.96. The van der Waals surface area contributed by atoms with E-state index < -0.39 is 0 Å². The molecule has 1 saturated heterocycles. The maximum atomic E-state index is 14.1. The fourth-order valence-corrected chi connectivity index (χ4v) is 5.19. The van der Waals surface area contributed by atoms with Crippen LogP contribution in [0.1, 0.15) is 48.5 Å². The molecule has 3 aromatic rings. The Morgan fingerprint density at radius 3 is 2.49 bits per heavy atom. The second-order valence-electron chi connectivity index (χ2n) is 9.36. The van der Waals surface area contributed by atoms with Crippen molar-refractivity contribution in [2.75, 3.05) is 49.3 Å². The van der Waals surface area contributed by atoms with E-state index in [2.05, 4.69) is 56.1 Å². The summed E-state index contributed by atoms with van der Waals surface area (Å²) in [5.41, 5.74) is 10.3. The lowest BCUT2D eigenvalue weighted by Crippen LogP contribution is -2.33. The van der Waals surface area contributed by atoms with Gasteiger partial charge in [0.25, 0.3) is 0 Å². The predicted molar refractivity (Wildman–Crippen MR) is 135 cm³/mol. The van der Waals surface area contributed by atoms with Crippen LogP contribution in [0.25, 0.3) is 0 Å². The summed E-state index contributed by atoms with van der Waals surface area (Å²) < 4.78 is 19.7. The fourth-order valence-electron chi connectivity index (χ4n) is 5.19. The van der Waals surface area contributed by atoms with E-state index in [9.17, 15) is 4.39 Å². The average Bonchev–Trinajstić information content (AvgIpc) is 3.12. The normalized spacial score (nSPS) is 18.7. The highest BCUT2D eigenvalue weighted by atomic mass is 19.1. The molecule has 35 heavy (non-hydrogen) atoms. The zero-order chi connectivity index (χ0) is 24.5. The van der Waals surface area contributed by atoms with Crippen LogP contribution in [0, 0.1) is 5.82 Å². The van der Waals surface area contributed by atoms with Gasteiger partial charge < -0.3 is 25.2 Å². The largest absolute Gasteiger partial charge is 0.464 e. The number of rotatable bonds is 6. The summed E-state index contributed by atoms with van der Waals surface area (Å²) in [5.74, 6) is 1.21. The summed E-state index contributed by atoms with van der Waals surface area (Å²) in [6.45, 7) is 5.15. The van der Waals surface area contributed by atoms with Gasteiger partial charge in [0.1, 0.15) is 17.7 Å². The molecule has 1 atom stereocenters. The molecule has 9 heteroatoms. The first-order valence-corrected chi connectivity index (χ1v) is 12.1. The number of aromatic nitrogens is 3. The standard InChI is InChI=1S/C26H32FN7O/c1-4-35-26-30-23(28)22-24(31-26)34(25(33(22)3)20-13-21(27)15-29-14-20)16-17-5-7-18(8-6-17)19-9-11-32(2)12-10-19/h5-8,13-15,19,25H,4,9-12,16H2,1-3H3,(H2,28,30,31). The van der Waals surface area contributed by atoms with Gasteiger partial charge in [0, 0.05) is 25.4 Å². The molecular formula is C26H32FN7O. The van der Waals surface area contributed by atoms with Crippen molar-refractivity contribution < 1.29 is 9.13 Å². The molecule has 8 nitrogen and oxygen atoms in total. The van der Waals surface area contributed by atoms with Gasteiger partial charge in [-0.05, 0) is 63.0 Å². The summed E-state index contributed by atoms with van der Waals surface area (Å²) in [7, 11) is 4.10. The van der Waals surface area contributed by atoms with Gasteiger partial charge in [0.05, 0.1) is 12.8 Å². The molecule has 2 aliphatic heterocycles. The van der Waals surface area contributed by atoms with E-state index in [0.29, 0.717) is 42.0 Å². The van der Waals surface area contributed by atoms with Crippen LogP contribution in [-0.2, 0) is 6.54 Å². The van der Waals surface area contributed by atoms with E-state index in [1.165, 1.54) is 30.7 Å². The Bertz CT molecular complexity index is 1180. The molecule has 1 unspecified atom stereocenters. The number of pyridine rings is 1. The zero-order valence-corrected chi connectivity index (χ0v) is 20.5. The van der Waals surface area contributed by atoms with Crippen molar-refractivity contribution >= 4 is 17.3 Å². The van der Waals surface area contributed by atoms with Gasteiger partial charge in [0.15, 0.2) is 11.6 Å². The van der Waals surface area contributed by atoms with Crippen molar-refractivity contribution in [2.45, 2.75) is 38.4 Å². The van der Waals surface area contributed by atoms with Gasteiger partial charge in [-0.25, -0.2) is 4.39 Å². The maximum absolute atomic E-state index is 14.1. The molecular weight excluding hydrogens is 445 g/mol. The molecule has 184 valence electrons. The highest BCUT2D eigenvalue weighted by molar-refractivity contribution is 5.83. The molecule has 2 aliphatic rings. The maximum Gasteiger partial charge on any atom is 0.320 e. The number of fused-ring (bicyclic) bond motifs is 1. The highest BCUT2D eigenvalue weighted by Crippen LogP contribution is 2.48. The molecule has 2 N–H and O–H groups in total. The molecule has 4 heterocycles. The van der Waals surface area contributed by atoms with Crippen molar-refractivity contribution in [1.82, 2.24) is 19.9 Å². The number of hydrogen-bond acceptors (Lipinski definition) is 8.